The van der Waals surface area contributed by atoms with Gasteiger partial charge in [-0.3, -0.25) is 10.1 Å². The van der Waals surface area contributed by atoms with Crippen LogP contribution in [-0.4, -0.2) is 48.1 Å². The molecule has 1 aliphatic heterocycles. The number of urea groups is 1. The van der Waals surface area contributed by atoms with Gasteiger partial charge in [0.05, 0.1) is 11.4 Å². The number of sulfonamides is 1. The van der Waals surface area contributed by atoms with Crippen LogP contribution in [0.25, 0.3) is 5.69 Å². The molecule has 1 aliphatic rings. The Balaban J connectivity index is 1.04. The van der Waals surface area contributed by atoms with Crippen LogP contribution >= 0.6 is 11.3 Å². The van der Waals surface area contributed by atoms with Gasteiger partial charge in [-0.15, -0.1) is 11.3 Å². The fourth-order valence-corrected chi connectivity index (χ4v) is 8.59. The number of carbonyl (C=O) groups excluding carboxylic acids is 2. The predicted octanol–water partition coefficient (Wildman–Crippen LogP) is 7.97. The molecule has 0 unspecified atom stereocenters. The Labute approximate surface area is 309 Å². The number of piperidine rings is 1. The smallest absolute Gasteiger partial charge is 0.324 e. The molecule has 1 fully saturated rings. The Morgan fingerprint density at radius 1 is 0.942 bits per heavy atom. The van der Waals surface area contributed by atoms with Crippen LogP contribution in [0.5, 0.6) is 0 Å². The molecule has 1 saturated heterocycles. The number of likely N-dealkylation sites (tertiary alicyclic amines) is 1. The Kier molecular flexibility index (Phi) is 10.8. The molecule has 274 valence electrons. The van der Waals surface area contributed by atoms with Crippen molar-refractivity contribution in [2.24, 2.45) is 5.92 Å². The zero-order valence-corrected chi connectivity index (χ0v) is 32.1. The quantitative estimate of drug-likeness (QED) is 0.133. The minimum Gasteiger partial charge on any atom is -0.464 e. The SMILES string of the molecule is Cc1ccc(-n2nc(C(C)(C)C)cc2NC(=O)Nc2ccc(CC3CCN(C(=O)c4c(C)oc(C)c4S(=O)(=O)NCc4cccs4)CC3)cc2)cc1. The number of amides is 3. The molecule has 2 aromatic carbocycles. The van der Waals surface area contributed by atoms with E-state index in [1.54, 1.807) is 23.4 Å². The first-order valence-electron chi connectivity index (χ1n) is 17.4. The van der Waals surface area contributed by atoms with Gasteiger partial charge in [0, 0.05) is 41.7 Å². The number of rotatable bonds is 10. The van der Waals surface area contributed by atoms with Crippen molar-refractivity contribution in [3.63, 3.8) is 0 Å². The molecule has 0 saturated carbocycles. The van der Waals surface area contributed by atoms with Crippen LogP contribution in [0.15, 0.2) is 81.4 Å². The number of nitrogens with one attached hydrogen (secondary N) is 3. The topological polar surface area (TPSA) is 139 Å². The van der Waals surface area contributed by atoms with Gasteiger partial charge in [0.2, 0.25) is 10.0 Å². The minimum absolute atomic E-state index is 0.0809. The van der Waals surface area contributed by atoms with E-state index in [0.717, 1.165) is 46.6 Å². The first-order chi connectivity index (χ1) is 24.7. The number of anilines is 2. The Morgan fingerprint density at radius 2 is 1.63 bits per heavy atom. The summed E-state index contributed by atoms with van der Waals surface area (Å²) in [6.07, 6.45) is 2.40. The van der Waals surface area contributed by atoms with Crippen molar-refractivity contribution in [2.45, 2.75) is 77.7 Å². The number of thiophene rings is 1. The standard InChI is InChI=1S/C39H46N6O5S2/c1-25-9-15-31(16-10-25)45-34(23-33(43-45)39(4,5)6)42-38(47)41-30-13-11-28(12-14-30)22-29-17-19-44(20-18-29)37(46)35-26(2)50-27(3)36(35)52(48,49)40-24-32-8-7-21-51-32/h7-16,21,23,29,40H,17-20,22,24H2,1-6H3,(H2,41,42,47). The van der Waals surface area contributed by atoms with E-state index in [1.165, 1.54) is 11.3 Å². The van der Waals surface area contributed by atoms with Crippen molar-refractivity contribution in [3.05, 3.63) is 111 Å². The van der Waals surface area contributed by atoms with Crippen LogP contribution in [0.3, 0.4) is 0 Å². The predicted molar refractivity (Wildman–Crippen MR) is 205 cm³/mol. The summed E-state index contributed by atoms with van der Waals surface area (Å²) in [6.45, 7) is 12.7. The summed E-state index contributed by atoms with van der Waals surface area (Å²) in [6, 6.07) is 21.1. The van der Waals surface area contributed by atoms with E-state index < -0.39 is 10.0 Å². The first kappa shape index (κ1) is 37.1. The molecule has 0 atom stereocenters. The van der Waals surface area contributed by atoms with Crippen LogP contribution in [0.4, 0.5) is 16.3 Å². The van der Waals surface area contributed by atoms with Gasteiger partial charge in [0.15, 0.2) is 0 Å². The molecule has 0 bridgehead atoms. The van der Waals surface area contributed by atoms with Crippen LogP contribution in [0, 0.1) is 26.7 Å². The lowest BCUT2D eigenvalue weighted by atomic mass is 9.90. The van der Waals surface area contributed by atoms with E-state index in [4.69, 9.17) is 9.52 Å². The van der Waals surface area contributed by atoms with E-state index in [2.05, 4.69) is 36.1 Å². The van der Waals surface area contributed by atoms with Crippen LogP contribution in [0.1, 0.15) is 77.2 Å². The second-order valence-electron chi connectivity index (χ2n) is 14.5. The Morgan fingerprint density at radius 3 is 2.27 bits per heavy atom. The van der Waals surface area contributed by atoms with Crippen molar-refractivity contribution in [1.29, 1.82) is 0 Å². The van der Waals surface area contributed by atoms with Crippen molar-refractivity contribution in [1.82, 2.24) is 19.4 Å². The maximum Gasteiger partial charge on any atom is 0.324 e. The molecule has 5 aromatic rings. The number of hydrogen-bond donors (Lipinski definition) is 3. The molecule has 4 heterocycles. The van der Waals surface area contributed by atoms with Crippen LogP contribution in [0.2, 0.25) is 0 Å². The summed E-state index contributed by atoms with van der Waals surface area (Å²) in [7, 11) is -3.98. The zero-order chi connectivity index (χ0) is 37.2. The third-order valence-electron chi connectivity index (χ3n) is 9.34. The van der Waals surface area contributed by atoms with Crippen LogP contribution in [-0.2, 0) is 28.4 Å². The van der Waals surface area contributed by atoms with Crippen LogP contribution < -0.4 is 15.4 Å². The molecule has 0 spiro atoms. The molecular weight excluding hydrogens is 697 g/mol. The van der Waals surface area contributed by atoms with E-state index in [9.17, 15) is 18.0 Å². The van der Waals surface area contributed by atoms with Gasteiger partial charge in [-0.25, -0.2) is 22.6 Å². The summed E-state index contributed by atoms with van der Waals surface area (Å²) in [5.41, 5.74) is 4.58. The maximum absolute atomic E-state index is 13.7. The second kappa shape index (κ2) is 15.1. The largest absolute Gasteiger partial charge is 0.464 e. The highest BCUT2D eigenvalue weighted by Crippen LogP contribution is 2.31. The van der Waals surface area contributed by atoms with E-state index >= 15 is 0 Å². The molecule has 13 heteroatoms. The monoisotopic (exact) mass is 742 g/mol. The van der Waals surface area contributed by atoms with Gasteiger partial charge in [-0.1, -0.05) is 56.7 Å². The van der Waals surface area contributed by atoms with Crippen molar-refractivity contribution < 1.29 is 22.4 Å². The average Bonchev–Trinajstić information content (AvgIpc) is 3.84. The molecule has 3 aromatic heterocycles. The fraction of sp³-hybridized carbons (Fsp3) is 0.359. The fourth-order valence-electron chi connectivity index (χ4n) is 6.44. The van der Waals surface area contributed by atoms with Gasteiger partial charge in [0.1, 0.15) is 27.8 Å². The normalized spacial score (nSPS) is 14.1. The summed E-state index contributed by atoms with van der Waals surface area (Å²) in [5, 5.41) is 12.6. The van der Waals surface area contributed by atoms with Crippen molar-refractivity contribution in [3.8, 4) is 5.69 Å². The summed E-state index contributed by atoms with van der Waals surface area (Å²) in [5.74, 6) is 1.11. The lowest BCUT2D eigenvalue weighted by Crippen LogP contribution is -2.40. The lowest BCUT2D eigenvalue weighted by Gasteiger charge is -2.32. The number of aryl methyl sites for hydroxylation is 3. The van der Waals surface area contributed by atoms with E-state index in [-0.39, 0.29) is 40.1 Å². The highest BCUT2D eigenvalue weighted by molar-refractivity contribution is 7.89. The van der Waals surface area contributed by atoms with Gasteiger partial charge < -0.3 is 14.6 Å². The van der Waals surface area contributed by atoms with Gasteiger partial charge in [-0.05, 0) is 87.2 Å². The molecule has 0 radical (unpaired) electrons. The summed E-state index contributed by atoms with van der Waals surface area (Å²) < 4.78 is 36.7. The third-order valence-corrected chi connectivity index (χ3v) is 11.8. The van der Waals surface area contributed by atoms with Crippen molar-refractivity contribution >= 4 is 44.8 Å². The molecule has 3 N–H and O–H groups in total. The summed E-state index contributed by atoms with van der Waals surface area (Å²) >= 11 is 1.46. The zero-order valence-electron chi connectivity index (χ0n) is 30.4. The van der Waals surface area contributed by atoms with Gasteiger partial charge in [-0.2, -0.15) is 5.10 Å². The lowest BCUT2D eigenvalue weighted by molar-refractivity contribution is 0.0685. The number of benzene rings is 2. The molecule has 6 rings (SSSR count). The maximum atomic E-state index is 13.7. The van der Waals surface area contributed by atoms with E-state index in [0.29, 0.717) is 36.3 Å². The Hall–Kier alpha value is -4.72. The van der Waals surface area contributed by atoms with Gasteiger partial charge >= 0.3 is 6.03 Å². The highest BCUT2D eigenvalue weighted by Gasteiger charge is 2.34. The number of furan rings is 1. The molecule has 3 amide bonds. The molecule has 0 aliphatic carbocycles. The molecular formula is C39H46N6O5S2. The van der Waals surface area contributed by atoms with Crippen molar-refractivity contribution in [2.75, 3.05) is 23.7 Å². The minimum atomic E-state index is -3.98. The third kappa shape index (κ3) is 8.49. The molecule has 11 nitrogen and oxygen atoms in total. The Bertz CT molecular complexity index is 2140. The first-order valence-corrected chi connectivity index (χ1v) is 19.8. The molecule has 52 heavy (non-hydrogen) atoms. The number of aromatic nitrogens is 2. The summed E-state index contributed by atoms with van der Waals surface area (Å²) in [4.78, 5) is 29.4. The number of carbonyl (C=O) groups is 2. The number of nitrogens with zero attached hydrogens (tertiary/aromatic N) is 3. The van der Waals surface area contributed by atoms with Gasteiger partial charge in [0.25, 0.3) is 5.91 Å². The second-order valence-corrected chi connectivity index (χ2v) is 17.2. The van der Waals surface area contributed by atoms with E-state index in [1.807, 2.05) is 79.0 Å². The average molecular weight is 743 g/mol. The highest BCUT2D eigenvalue weighted by atomic mass is 32.2. The number of hydrogen-bond acceptors (Lipinski definition) is 7.